The van der Waals surface area contributed by atoms with Gasteiger partial charge in [0.05, 0.1) is 38.6 Å². The molecule has 0 unspecified atom stereocenters. The molecule has 0 atom stereocenters. The summed E-state index contributed by atoms with van der Waals surface area (Å²) in [5.74, 6) is 0.918. The summed E-state index contributed by atoms with van der Waals surface area (Å²) in [6, 6.07) is 10.3. The summed E-state index contributed by atoms with van der Waals surface area (Å²) in [4.78, 5) is 26.2. The van der Waals surface area contributed by atoms with Crippen LogP contribution in [0, 0.1) is 0 Å². The minimum Gasteiger partial charge on any atom is -0.493 e. The fraction of sp³-hybridized carbons (Fsp3) is 0.333. The van der Waals surface area contributed by atoms with Gasteiger partial charge in [-0.05, 0) is 19.2 Å². The van der Waals surface area contributed by atoms with Gasteiger partial charge in [0, 0.05) is 30.8 Å². The molecule has 0 aliphatic heterocycles. The van der Waals surface area contributed by atoms with E-state index in [4.69, 9.17) is 25.8 Å². The van der Waals surface area contributed by atoms with E-state index in [-0.39, 0.29) is 24.8 Å². The zero-order chi connectivity index (χ0) is 22.1. The molecule has 0 aliphatic rings. The van der Waals surface area contributed by atoms with E-state index < -0.39 is 0 Å². The standard InChI is InChI=1S/C21H26ClN3O5/c1-25(13-20(27)24-16-8-6-5-7-15(16)22)10-9-19(26)23-14-11-17(28-2)21(30-4)18(12-14)29-3/h5-8,11-12H,9-10,13H2,1-4H3,(H,23,26)(H,24,27). The molecule has 0 spiro atoms. The minimum absolute atomic E-state index is 0.128. The van der Waals surface area contributed by atoms with E-state index in [1.807, 2.05) is 0 Å². The second-order valence-corrected chi connectivity index (χ2v) is 6.89. The molecule has 0 heterocycles. The zero-order valence-corrected chi connectivity index (χ0v) is 18.2. The van der Waals surface area contributed by atoms with Crippen molar-refractivity contribution in [2.24, 2.45) is 0 Å². The zero-order valence-electron chi connectivity index (χ0n) is 17.5. The molecule has 30 heavy (non-hydrogen) atoms. The highest BCUT2D eigenvalue weighted by Gasteiger charge is 2.15. The summed E-state index contributed by atoms with van der Waals surface area (Å²) in [6.07, 6.45) is 0.201. The summed E-state index contributed by atoms with van der Waals surface area (Å²) in [5.41, 5.74) is 1.08. The van der Waals surface area contributed by atoms with Gasteiger partial charge in [-0.3, -0.25) is 14.5 Å². The van der Waals surface area contributed by atoms with Crippen LogP contribution in [0.5, 0.6) is 17.2 Å². The van der Waals surface area contributed by atoms with Gasteiger partial charge >= 0.3 is 0 Å². The normalized spacial score (nSPS) is 10.5. The Bertz CT molecular complexity index is 866. The lowest BCUT2D eigenvalue weighted by Crippen LogP contribution is -2.32. The number of likely N-dealkylation sites (N-methyl/N-ethyl adjacent to an activating group) is 1. The van der Waals surface area contributed by atoms with Crippen LogP contribution in [-0.2, 0) is 9.59 Å². The van der Waals surface area contributed by atoms with Crippen LogP contribution in [0.1, 0.15) is 6.42 Å². The second-order valence-electron chi connectivity index (χ2n) is 6.48. The molecule has 162 valence electrons. The second kappa shape index (κ2) is 11.3. The number of nitrogens with zero attached hydrogens (tertiary/aromatic N) is 1. The number of rotatable bonds is 10. The Morgan fingerprint density at radius 1 is 0.967 bits per heavy atom. The quantitative estimate of drug-likeness (QED) is 0.595. The van der Waals surface area contributed by atoms with Crippen LogP contribution in [0.2, 0.25) is 5.02 Å². The summed E-state index contributed by atoms with van der Waals surface area (Å²) in [6.45, 7) is 0.523. The highest BCUT2D eigenvalue weighted by atomic mass is 35.5. The number of amides is 2. The maximum Gasteiger partial charge on any atom is 0.238 e. The van der Waals surface area contributed by atoms with Gasteiger partial charge in [0.1, 0.15) is 0 Å². The summed E-state index contributed by atoms with van der Waals surface area (Å²) in [7, 11) is 6.28. The lowest BCUT2D eigenvalue weighted by Gasteiger charge is -2.17. The van der Waals surface area contributed by atoms with Crippen molar-refractivity contribution in [2.75, 3.05) is 52.1 Å². The van der Waals surface area contributed by atoms with E-state index >= 15 is 0 Å². The predicted molar refractivity (Wildman–Crippen MR) is 117 cm³/mol. The third kappa shape index (κ3) is 6.53. The monoisotopic (exact) mass is 435 g/mol. The van der Waals surface area contributed by atoms with Crippen LogP contribution >= 0.6 is 11.6 Å². The van der Waals surface area contributed by atoms with E-state index in [9.17, 15) is 9.59 Å². The lowest BCUT2D eigenvalue weighted by atomic mass is 10.2. The van der Waals surface area contributed by atoms with Crippen molar-refractivity contribution in [3.05, 3.63) is 41.4 Å². The Labute approximate surface area is 181 Å². The highest BCUT2D eigenvalue weighted by molar-refractivity contribution is 6.33. The molecule has 0 fully saturated rings. The third-order valence-electron chi connectivity index (χ3n) is 4.23. The third-order valence-corrected chi connectivity index (χ3v) is 4.56. The van der Waals surface area contributed by atoms with Crippen LogP contribution in [0.3, 0.4) is 0 Å². The Kier molecular flexibility index (Phi) is 8.76. The van der Waals surface area contributed by atoms with Crippen LogP contribution in [-0.4, -0.2) is 58.2 Å². The maximum absolute atomic E-state index is 12.3. The number of hydrogen-bond acceptors (Lipinski definition) is 6. The van der Waals surface area contributed by atoms with E-state index in [0.29, 0.717) is 40.2 Å². The van der Waals surface area contributed by atoms with E-state index in [1.165, 1.54) is 21.3 Å². The number of benzene rings is 2. The van der Waals surface area contributed by atoms with E-state index in [1.54, 1.807) is 48.3 Å². The van der Waals surface area contributed by atoms with Crippen LogP contribution in [0.4, 0.5) is 11.4 Å². The van der Waals surface area contributed by atoms with Gasteiger partial charge in [0.2, 0.25) is 17.6 Å². The van der Waals surface area contributed by atoms with Crippen molar-refractivity contribution in [3.63, 3.8) is 0 Å². The van der Waals surface area contributed by atoms with Gasteiger partial charge < -0.3 is 24.8 Å². The first-order chi connectivity index (χ1) is 14.4. The molecule has 0 aromatic heterocycles. The van der Waals surface area contributed by atoms with Crippen molar-refractivity contribution >= 4 is 34.8 Å². The fourth-order valence-electron chi connectivity index (χ4n) is 2.75. The first-order valence-electron chi connectivity index (χ1n) is 9.20. The van der Waals surface area contributed by atoms with Crippen molar-refractivity contribution in [1.82, 2.24) is 4.90 Å². The molecule has 0 saturated heterocycles. The predicted octanol–water partition coefficient (Wildman–Crippen LogP) is 3.26. The molecule has 0 saturated carbocycles. The number of halogens is 1. The molecule has 9 heteroatoms. The van der Waals surface area contributed by atoms with Crippen LogP contribution in [0.15, 0.2) is 36.4 Å². The van der Waals surface area contributed by atoms with Gasteiger partial charge in [-0.15, -0.1) is 0 Å². The van der Waals surface area contributed by atoms with Crippen molar-refractivity contribution in [2.45, 2.75) is 6.42 Å². The first kappa shape index (κ1) is 23.3. The molecule has 2 aromatic carbocycles. The number of para-hydroxylation sites is 1. The maximum atomic E-state index is 12.3. The highest BCUT2D eigenvalue weighted by Crippen LogP contribution is 2.39. The average Bonchev–Trinajstić information content (AvgIpc) is 2.73. The van der Waals surface area contributed by atoms with Gasteiger partial charge in [0.15, 0.2) is 11.5 Å². The number of hydrogen-bond donors (Lipinski definition) is 2. The average molecular weight is 436 g/mol. The smallest absolute Gasteiger partial charge is 0.238 e. The SMILES string of the molecule is COc1cc(NC(=O)CCN(C)CC(=O)Nc2ccccc2Cl)cc(OC)c1OC. The van der Waals surface area contributed by atoms with E-state index in [2.05, 4.69) is 10.6 Å². The minimum atomic E-state index is -0.212. The number of carbonyl (C=O) groups is 2. The molecule has 2 N–H and O–H groups in total. The number of carbonyl (C=O) groups excluding carboxylic acids is 2. The topological polar surface area (TPSA) is 89.1 Å². The van der Waals surface area contributed by atoms with Crippen molar-refractivity contribution in [3.8, 4) is 17.2 Å². The number of methoxy groups -OCH3 is 3. The first-order valence-corrected chi connectivity index (χ1v) is 9.58. The Morgan fingerprint density at radius 3 is 2.17 bits per heavy atom. The molecule has 2 rings (SSSR count). The lowest BCUT2D eigenvalue weighted by molar-refractivity contribution is -0.119. The summed E-state index contributed by atoms with van der Waals surface area (Å²) < 4.78 is 15.8. The molecule has 2 aromatic rings. The van der Waals surface area contributed by atoms with Crippen LogP contribution in [0.25, 0.3) is 0 Å². The number of nitrogens with one attached hydrogen (secondary N) is 2. The van der Waals surface area contributed by atoms with Gasteiger partial charge in [-0.1, -0.05) is 23.7 Å². The molecule has 2 amide bonds. The molecule has 0 radical (unpaired) electrons. The Balaban J connectivity index is 1.87. The fourth-order valence-corrected chi connectivity index (χ4v) is 2.93. The molecule has 0 aliphatic carbocycles. The molecular weight excluding hydrogens is 410 g/mol. The Morgan fingerprint density at radius 2 is 1.60 bits per heavy atom. The molecule has 0 bridgehead atoms. The van der Waals surface area contributed by atoms with Gasteiger partial charge in [-0.25, -0.2) is 0 Å². The van der Waals surface area contributed by atoms with Gasteiger partial charge in [0.25, 0.3) is 0 Å². The largest absolute Gasteiger partial charge is 0.493 e. The number of anilines is 2. The summed E-state index contributed by atoms with van der Waals surface area (Å²) in [5, 5.41) is 6.02. The molecule has 8 nitrogen and oxygen atoms in total. The Hall–Kier alpha value is -2.97. The number of ether oxygens (including phenoxy) is 3. The van der Waals surface area contributed by atoms with Crippen molar-refractivity contribution in [1.29, 1.82) is 0 Å². The molecular formula is C21H26ClN3O5. The van der Waals surface area contributed by atoms with E-state index in [0.717, 1.165) is 0 Å². The van der Waals surface area contributed by atoms with Gasteiger partial charge in [-0.2, -0.15) is 0 Å². The van der Waals surface area contributed by atoms with Crippen molar-refractivity contribution < 1.29 is 23.8 Å². The van der Waals surface area contributed by atoms with Crippen LogP contribution < -0.4 is 24.8 Å². The summed E-state index contributed by atoms with van der Waals surface area (Å²) >= 11 is 6.04.